The van der Waals surface area contributed by atoms with Gasteiger partial charge in [-0.15, -0.1) is 0 Å². The summed E-state index contributed by atoms with van der Waals surface area (Å²) in [6.07, 6.45) is 8.13. The second-order valence-corrected chi connectivity index (χ2v) is 13.6. The Morgan fingerprint density at radius 2 is 1.57 bits per heavy atom. The van der Waals surface area contributed by atoms with Crippen LogP contribution in [-0.2, 0) is 30.2 Å². The van der Waals surface area contributed by atoms with E-state index in [2.05, 4.69) is 52.8 Å². The van der Waals surface area contributed by atoms with E-state index in [1.807, 2.05) is 0 Å². The van der Waals surface area contributed by atoms with Crippen LogP contribution in [0.5, 0.6) is 0 Å². The van der Waals surface area contributed by atoms with Gasteiger partial charge in [-0.1, -0.05) is 24.3 Å². The predicted octanol–water partition coefficient (Wildman–Crippen LogP) is 2.23. The molecule has 188 valence electrons. The average Bonchev–Trinajstić information content (AvgIpc) is 2.90. The molecule has 0 N–H and O–H groups in total. The highest BCUT2D eigenvalue weighted by molar-refractivity contribution is 7.72. The predicted molar refractivity (Wildman–Crippen MR) is 148 cm³/mol. The van der Waals surface area contributed by atoms with Gasteiger partial charge in [-0.25, -0.2) is 4.58 Å². The Kier molecular flexibility index (Phi) is 4.77. The summed E-state index contributed by atoms with van der Waals surface area (Å²) >= 11 is 0. The van der Waals surface area contributed by atoms with Crippen molar-refractivity contribution in [1.82, 2.24) is 4.58 Å². The topological polar surface area (TPSA) is 46.4 Å². The van der Waals surface area contributed by atoms with Gasteiger partial charge in [0.25, 0.3) is 0 Å². The fourth-order valence-corrected chi connectivity index (χ4v) is 10.5. The third kappa shape index (κ3) is 3.00. The molecule has 0 amide bonds. The number of anilines is 1. The molecule has 4 nitrogen and oxygen atoms in total. The molecule has 8 rings (SSSR count). The van der Waals surface area contributed by atoms with Crippen LogP contribution in [0.1, 0.15) is 64.6 Å². The highest BCUT2D eigenvalue weighted by Gasteiger charge is 2.39. The lowest BCUT2D eigenvalue weighted by molar-refractivity contribution is -0.167. The minimum absolute atomic E-state index is 0.646. The van der Waals surface area contributed by atoms with Crippen LogP contribution in [0.15, 0.2) is 36.4 Å². The molecule has 5 aliphatic rings. The Balaban J connectivity index is 1.61. The van der Waals surface area contributed by atoms with E-state index in [4.69, 9.17) is 0 Å². The van der Waals surface area contributed by atoms with Gasteiger partial charge >= 0.3 is 0 Å². The molecule has 0 saturated carbocycles. The first kappa shape index (κ1) is 22.3. The molecule has 37 heavy (non-hydrogen) atoms. The summed E-state index contributed by atoms with van der Waals surface area (Å²) in [5.41, 5.74) is 10.6. The van der Waals surface area contributed by atoms with Gasteiger partial charge in [0, 0.05) is 53.4 Å². The number of nitrogens with zero attached hydrogens (tertiary/aromatic N) is 2. The molecule has 5 aliphatic heterocycles. The van der Waals surface area contributed by atoms with Crippen LogP contribution in [-0.4, -0.2) is 26.2 Å². The quantitative estimate of drug-likeness (QED) is 0.374. The van der Waals surface area contributed by atoms with Crippen molar-refractivity contribution in [3.63, 3.8) is 0 Å². The lowest BCUT2D eigenvalue weighted by atomic mass is 9.84. The SMILES string of the molecule is Cc1ccccc1C1=c2cc3c4c(c2P(=O)([O-])c2c1cc1c5c2CCCN5CCC1)CCC[N+]=4CCC3. The molecular weight excluding hydrogens is 475 g/mol. The third-order valence-corrected chi connectivity index (χ3v) is 11.7. The minimum Gasteiger partial charge on any atom is -0.793 e. The standard InChI is InChI=1S/C32H33N2O2P/c1-20-8-2-3-11-23(20)28-26-18-21-9-4-14-33-16-6-12-24(29(21)33)31(26)37(35,36)32-25-13-7-17-34-15-5-10-22(30(25)34)19-27(28)32/h2-3,8,11,18-19H,4-7,9-10,12-17H2,1H3. The second kappa shape index (κ2) is 7.91. The van der Waals surface area contributed by atoms with E-state index in [1.165, 1.54) is 33.3 Å². The van der Waals surface area contributed by atoms with E-state index in [0.717, 1.165) is 105 Å². The zero-order chi connectivity index (χ0) is 24.9. The number of fused-ring (bicyclic) bond motifs is 4. The van der Waals surface area contributed by atoms with E-state index in [9.17, 15) is 9.46 Å². The van der Waals surface area contributed by atoms with Crippen molar-refractivity contribution >= 4 is 29.2 Å². The van der Waals surface area contributed by atoms with Crippen LogP contribution in [0.25, 0.3) is 5.57 Å². The maximum absolute atomic E-state index is 14.9. The summed E-state index contributed by atoms with van der Waals surface area (Å²) in [6.45, 7) is 6.34. The van der Waals surface area contributed by atoms with E-state index in [-0.39, 0.29) is 0 Å². The first-order chi connectivity index (χ1) is 18.0. The van der Waals surface area contributed by atoms with Crippen LogP contribution < -0.4 is 35.6 Å². The summed E-state index contributed by atoms with van der Waals surface area (Å²) in [7, 11) is -4.05. The molecule has 3 aromatic rings. The molecule has 1 unspecified atom stereocenters. The Morgan fingerprint density at radius 1 is 0.838 bits per heavy atom. The van der Waals surface area contributed by atoms with Crippen molar-refractivity contribution in [3.05, 3.63) is 85.9 Å². The maximum Gasteiger partial charge on any atom is 0.207 e. The number of hydrogen-bond donors (Lipinski definition) is 0. The van der Waals surface area contributed by atoms with Crippen molar-refractivity contribution in [1.29, 1.82) is 0 Å². The average molecular weight is 509 g/mol. The molecular formula is C32H33N2O2P. The fraction of sp³-hybridized carbons (Fsp3) is 0.406. The molecule has 0 spiro atoms. The molecule has 0 saturated heterocycles. The number of benzene rings is 3. The fourth-order valence-electron chi connectivity index (χ4n) is 8.14. The first-order valence-electron chi connectivity index (χ1n) is 14.2. The van der Waals surface area contributed by atoms with E-state index < -0.39 is 7.37 Å². The molecule has 0 bridgehead atoms. The van der Waals surface area contributed by atoms with Gasteiger partial charge in [0.05, 0.1) is 7.37 Å². The van der Waals surface area contributed by atoms with Crippen molar-refractivity contribution in [2.24, 2.45) is 0 Å². The van der Waals surface area contributed by atoms with Crippen molar-refractivity contribution in [3.8, 4) is 0 Å². The van der Waals surface area contributed by atoms with Crippen LogP contribution >= 0.6 is 7.37 Å². The highest BCUT2D eigenvalue weighted by Crippen LogP contribution is 2.47. The van der Waals surface area contributed by atoms with Gasteiger partial charge in [0.1, 0.15) is 13.1 Å². The van der Waals surface area contributed by atoms with Gasteiger partial charge < -0.3 is 14.4 Å². The van der Waals surface area contributed by atoms with E-state index >= 15 is 0 Å². The molecule has 5 heteroatoms. The summed E-state index contributed by atoms with van der Waals surface area (Å²) in [6, 6.07) is 13.1. The Bertz CT molecular complexity index is 1700. The number of aryl methyl sites for hydroxylation is 3. The molecule has 5 heterocycles. The highest BCUT2D eigenvalue weighted by atomic mass is 31.2. The Hall–Kier alpha value is -2.68. The van der Waals surface area contributed by atoms with Gasteiger partial charge in [0.15, 0.2) is 0 Å². The van der Waals surface area contributed by atoms with Gasteiger partial charge in [0.2, 0.25) is 5.36 Å². The summed E-state index contributed by atoms with van der Waals surface area (Å²) < 4.78 is 17.4. The second-order valence-electron chi connectivity index (χ2n) is 11.6. The molecule has 0 radical (unpaired) electrons. The van der Waals surface area contributed by atoms with Gasteiger partial charge in [-0.2, -0.15) is 0 Å². The van der Waals surface area contributed by atoms with Crippen LogP contribution in [0.3, 0.4) is 0 Å². The smallest absolute Gasteiger partial charge is 0.207 e. The first-order valence-corrected chi connectivity index (χ1v) is 15.8. The maximum atomic E-state index is 14.9. The molecule has 3 aromatic carbocycles. The summed E-state index contributed by atoms with van der Waals surface area (Å²) in [5.74, 6) is 0. The van der Waals surface area contributed by atoms with E-state index in [0.29, 0.717) is 10.6 Å². The zero-order valence-corrected chi connectivity index (χ0v) is 22.5. The number of rotatable bonds is 1. The van der Waals surface area contributed by atoms with Gasteiger partial charge in [-0.3, -0.25) is 0 Å². The lowest BCUT2D eigenvalue weighted by Crippen LogP contribution is -2.54. The van der Waals surface area contributed by atoms with Crippen LogP contribution in [0.4, 0.5) is 5.69 Å². The Morgan fingerprint density at radius 3 is 2.41 bits per heavy atom. The Labute approximate surface area is 218 Å². The van der Waals surface area contributed by atoms with Crippen molar-refractivity contribution in [2.45, 2.75) is 58.3 Å². The normalized spacial score (nSPS) is 23.2. The monoisotopic (exact) mass is 508 g/mol. The third-order valence-electron chi connectivity index (χ3n) is 9.53. The minimum atomic E-state index is -4.05. The molecule has 1 atom stereocenters. The molecule has 0 fully saturated rings. The van der Waals surface area contributed by atoms with Crippen molar-refractivity contribution in [2.75, 3.05) is 31.1 Å². The zero-order valence-electron chi connectivity index (χ0n) is 21.6. The molecule has 0 aliphatic carbocycles. The largest absolute Gasteiger partial charge is 0.793 e. The van der Waals surface area contributed by atoms with Crippen LogP contribution in [0, 0.1) is 6.92 Å². The number of hydrogen-bond acceptors (Lipinski definition) is 3. The van der Waals surface area contributed by atoms with Crippen molar-refractivity contribution < 1.29 is 9.46 Å². The van der Waals surface area contributed by atoms with E-state index in [1.54, 1.807) is 0 Å². The lowest BCUT2D eigenvalue weighted by Gasteiger charge is -2.43. The summed E-state index contributed by atoms with van der Waals surface area (Å²) in [4.78, 5) is 17.4. The van der Waals surface area contributed by atoms with Gasteiger partial charge in [-0.05, 0) is 96.2 Å². The van der Waals surface area contributed by atoms with Crippen LogP contribution in [0.2, 0.25) is 0 Å². The molecule has 0 aromatic heterocycles. The summed E-state index contributed by atoms with van der Waals surface area (Å²) in [5, 5.41) is 3.50.